The van der Waals surface area contributed by atoms with Gasteiger partial charge in [-0.05, 0) is 120 Å². The fraction of sp³-hybridized carbons (Fsp3) is 0.0400. The van der Waals surface area contributed by atoms with Crippen molar-refractivity contribution in [2.75, 3.05) is 9.80 Å². The highest BCUT2D eigenvalue weighted by molar-refractivity contribution is 5.80. The lowest BCUT2D eigenvalue weighted by atomic mass is 9.98. The van der Waals surface area contributed by atoms with E-state index in [0.717, 1.165) is 40.5 Å². The van der Waals surface area contributed by atoms with Crippen LogP contribution in [0, 0.1) is 6.92 Å². The van der Waals surface area contributed by atoms with Gasteiger partial charge in [0, 0.05) is 34.1 Å². The summed E-state index contributed by atoms with van der Waals surface area (Å²) in [4.78, 5) is 4.64. The molecule has 0 saturated carbocycles. The van der Waals surface area contributed by atoms with Crippen LogP contribution >= 0.6 is 0 Å². The molecule has 2 nitrogen and oxygen atoms in total. The number of anilines is 6. The summed E-state index contributed by atoms with van der Waals surface area (Å²) in [5, 5.41) is 0. The average Bonchev–Trinajstić information content (AvgIpc) is 3.21. The summed E-state index contributed by atoms with van der Waals surface area (Å²) in [5.74, 6) is 0. The Bertz CT molecular complexity index is 2310. The highest BCUT2D eigenvalue weighted by Gasteiger charge is 2.15. The first-order valence-corrected chi connectivity index (χ1v) is 17.9. The predicted octanol–water partition coefficient (Wildman–Crippen LogP) is 13.9. The largest absolute Gasteiger partial charge is 0.311 e. The minimum absolute atomic E-state index is 0.838. The molecule has 0 atom stereocenters. The molecular formula is C50H40N2. The molecule has 0 amide bonds. The second kappa shape index (κ2) is 15.1. The fourth-order valence-electron chi connectivity index (χ4n) is 6.88. The lowest BCUT2D eigenvalue weighted by molar-refractivity contribution is 1.18. The standard InChI is InChI=1S/C50H40N2/c1-38-23-25-41(26-24-38)42-27-31-49(32-28-42)52(47-20-9-4-10-21-47)50-22-12-14-40(37-50)35-39-13-11-15-44(36-39)43-29-33-48(34-30-43)51(45-16-5-2-6-17-45)46-18-7-3-8-19-46/h2-34,36-37H,35H2,1H3. The van der Waals surface area contributed by atoms with Crippen LogP contribution in [0.25, 0.3) is 22.3 Å². The first kappa shape index (κ1) is 32.6. The van der Waals surface area contributed by atoms with Gasteiger partial charge in [0.15, 0.2) is 0 Å². The zero-order chi connectivity index (χ0) is 35.1. The van der Waals surface area contributed by atoms with Gasteiger partial charge in [0.2, 0.25) is 0 Å². The van der Waals surface area contributed by atoms with E-state index in [-0.39, 0.29) is 0 Å². The van der Waals surface area contributed by atoms with Crippen molar-refractivity contribution < 1.29 is 0 Å². The SMILES string of the molecule is Cc1ccc(-c2ccc(N(c3ccccc3)c3cccc(Cc4cccc(-c5ccc(N(c6ccccc6)c6ccccc6)cc5)c4)c3)cc2)cc1. The van der Waals surface area contributed by atoms with E-state index in [2.05, 4.69) is 229 Å². The maximum absolute atomic E-state index is 2.34. The minimum Gasteiger partial charge on any atom is -0.311 e. The maximum Gasteiger partial charge on any atom is 0.0464 e. The Hall–Kier alpha value is -6.64. The van der Waals surface area contributed by atoms with Gasteiger partial charge in [0.1, 0.15) is 0 Å². The third kappa shape index (κ3) is 7.28. The molecule has 0 spiro atoms. The van der Waals surface area contributed by atoms with E-state index in [9.17, 15) is 0 Å². The molecule has 0 aliphatic heterocycles. The van der Waals surface area contributed by atoms with Gasteiger partial charge < -0.3 is 9.80 Å². The van der Waals surface area contributed by atoms with E-state index in [4.69, 9.17) is 0 Å². The molecule has 0 radical (unpaired) electrons. The van der Waals surface area contributed by atoms with E-state index < -0.39 is 0 Å². The van der Waals surface area contributed by atoms with Crippen molar-refractivity contribution in [3.63, 3.8) is 0 Å². The normalized spacial score (nSPS) is 10.9. The van der Waals surface area contributed by atoms with Crippen molar-refractivity contribution in [1.29, 1.82) is 0 Å². The first-order chi connectivity index (χ1) is 25.7. The Morgan fingerprint density at radius 1 is 0.288 bits per heavy atom. The molecule has 0 bridgehead atoms. The number of hydrogen-bond donors (Lipinski definition) is 0. The maximum atomic E-state index is 2.34. The highest BCUT2D eigenvalue weighted by Crippen LogP contribution is 2.37. The van der Waals surface area contributed by atoms with E-state index >= 15 is 0 Å². The lowest BCUT2D eigenvalue weighted by Crippen LogP contribution is -2.10. The topological polar surface area (TPSA) is 6.48 Å². The summed E-state index contributed by atoms with van der Waals surface area (Å²) in [6.07, 6.45) is 0.838. The van der Waals surface area contributed by atoms with Crippen LogP contribution in [0.1, 0.15) is 16.7 Å². The van der Waals surface area contributed by atoms with E-state index in [1.54, 1.807) is 0 Å². The molecule has 8 aromatic rings. The Morgan fingerprint density at radius 3 is 1.15 bits per heavy atom. The number of rotatable bonds is 10. The summed E-state index contributed by atoms with van der Waals surface area (Å²) in [6.45, 7) is 2.13. The summed E-state index contributed by atoms with van der Waals surface area (Å²) in [5.41, 5.74) is 15.5. The number of para-hydroxylation sites is 3. The average molecular weight is 669 g/mol. The smallest absolute Gasteiger partial charge is 0.0464 e. The van der Waals surface area contributed by atoms with Crippen LogP contribution in [0.2, 0.25) is 0 Å². The van der Waals surface area contributed by atoms with Crippen LogP contribution < -0.4 is 9.80 Å². The molecule has 0 aliphatic rings. The molecule has 8 aromatic carbocycles. The Kier molecular flexibility index (Phi) is 9.44. The summed E-state index contributed by atoms with van der Waals surface area (Å²) < 4.78 is 0. The summed E-state index contributed by atoms with van der Waals surface area (Å²) in [6, 6.07) is 76.1. The van der Waals surface area contributed by atoms with E-state index in [0.29, 0.717) is 0 Å². The van der Waals surface area contributed by atoms with Crippen LogP contribution in [-0.2, 0) is 6.42 Å². The van der Waals surface area contributed by atoms with Gasteiger partial charge in [-0.15, -0.1) is 0 Å². The third-order valence-corrected chi connectivity index (χ3v) is 9.52. The van der Waals surface area contributed by atoms with Gasteiger partial charge in [-0.3, -0.25) is 0 Å². The van der Waals surface area contributed by atoms with Crippen LogP contribution in [0.5, 0.6) is 0 Å². The molecule has 0 fully saturated rings. The molecule has 8 rings (SSSR count). The predicted molar refractivity (Wildman–Crippen MR) is 221 cm³/mol. The number of aryl methyl sites for hydroxylation is 1. The van der Waals surface area contributed by atoms with Gasteiger partial charge in [-0.2, -0.15) is 0 Å². The molecule has 0 unspecified atom stereocenters. The second-order valence-electron chi connectivity index (χ2n) is 13.2. The lowest BCUT2D eigenvalue weighted by Gasteiger charge is -2.26. The van der Waals surface area contributed by atoms with Crippen LogP contribution in [0.15, 0.2) is 212 Å². The zero-order valence-corrected chi connectivity index (χ0v) is 29.3. The van der Waals surface area contributed by atoms with Gasteiger partial charge in [0.25, 0.3) is 0 Å². The van der Waals surface area contributed by atoms with Gasteiger partial charge in [0.05, 0.1) is 0 Å². The van der Waals surface area contributed by atoms with Crippen LogP contribution in [-0.4, -0.2) is 0 Å². The van der Waals surface area contributed by atoms with Crippen molar-refractivity contribution in [2.45, 2.75) is 13.3 Å². The quantitative estimate of drug-likeness (QED) is 0.143. The number of hydrogen-bond acceptors (Lipinski definition) is 2. The molecular weight excluding hydrogens is 629 g/mol. The Balaban J connectivity index is 1.05. The molecule has 0 N–H and O–H groups in total. The summed E-state index contributed by atoms with van der Waals surface area (Å²) >= 11 is 0. The van der Waals surface area contributed by atoms with Crippen molar-refractivity contribution in [3.05, 3.63) is 229 Å². The fourth-order valence-corrected chi connectivity index (χ4v) is 6.88. The Morgan fingerprint density at radius 2 is 0.654 bits per heavy atom. The van der Waals surface area contributed by atoms with Gasteiger partial charge >= 0.3 is 0 Å². The molecule has 250 valence electrons. The zero-order valence-electron chi connectivity index (χ0n) is 29.3. The molecule has 0 saturated heterocycles. The third-order valence-electron chi connectivity index (χ3n) is 9.52. The second-order valence-corrected chi connectivity index (χ2v) is 13.2. The highest BCUT2D eigenvalue weighted by atomic mass is 15.1. The number of nitrogens with zero attached hydrogens (tertiary/aromatic N) is 2. The first-order valence-electron chi connectivity index (χ1n) is 17.9. The van der Waals surface area contributed by atoms with Crippen molar-refractivity contribution in [2.24, 2.45) is 0 Å². The molecule has 0 heterocycles. The van der Waals surface area contributed by atoms with E-state index in [1.807, 2.05) is 0 Å². The molecule has 52 heavy (non-hydrogen) atoms. The molecule has 2 heteroatoms. The van der Waals surface area contributed by atoms with E-state index in [1.165, 1.54) is 38.9 Å². The van der Waals surface area contributed by atoms with Crippen LogP contribution in [0.4, 0.5) is 34.1 Å². The van der Waals surface area contributed by atoms with Crippen LogP contribution in [0.3, 0.4) is 0 Å². The monoisotopic (exact) mass is 668 g/mol. The Labute approximate surface area is 307 Å². The number of benzene rings is 8. The van der Waals surface area contributed by atoms with Gasteiger partial charge in [-0.25, -0.2) is 0 Å². The van der Waals surface area contributed by atoms with Crippen molar-refractivity contribution >= 4 is 34.1 Å². The minimum atomic E-state index is 0.838. The molecule has 0 aromatic heterocycles. The van der Waals surface area contributed by atoms with Gasteiger partial charge in [-0.1, -0.05) is 145 Å². The van der Waals surface area contributed by atoms with Crippen molar-refractivity contribution in [3.8, 4) is 22.3 Å². The van der Waals surface area contributed by atoms with Crippen molar-refractivity contribution in [1.82, 2.24) is 0 Å². The molecule has 0 aliphatic carbocycles. The summed E-state index contributed by atoms with van der Waals surface area (Å²) in [7, 11) is 0.